The zero-order chi connectivity index (χ0) is 13.7. The van der Waals surface area contributed by atoms with Crippen LogP contribution in [0.15, 0.2) is 45.5 Å². The van der Waals surface area contributed by atoms with E-state index in [2.05, 4.69) is 26.6 Å². The SMILES string of the molecule is O=C(NCCc1ccc(O)cc1)Nc1ccc(Br)o1. The Hall–Kier alpha value is -1.95. The molecule has 0 saturated heterocycles. The normalized spacial score (nSPS) is 10.2. The van der Waals surface area contributed by atoms with E-state index in [1.54, 1.807) is 24.3 Å². The van der Waals surface area contributed by atoms with Gasteiger partial charge in [0.15, 0.2) is 4.67 Å². The third kappa shape index (κ3) is 4.33. The third-order valence-electron chi connectivity index (χ3n) is 2.45. The average molecular weight is 325 g/mol. The highest BCUT2D eigenvalue weighted by atomic mass is 79.9. The van der Waals surface area contributed by atoms with Crippen LogP contribution in [0.1, 0.15) is 5.56 Å². The maximum atomic E-state index is 11.5. The van der Waals surface area contributed by atoms with Crippen LogP contribution in [0.3, 0.4) is 0 Å². The molecule has 0 saturated carbocycles. The second-order valence-electron chi connectivity index (χ2n) is 3.90. The van der Waals surface area contributed by atoms with E-state index < -0.39 is 0 Å². The Balaban J connectivity index is 1.73. The molecule has 0 aliphatic carbocycles. The molecule has 100 valence electrons. The second-order valence-corrected chi connectivity index (χ2v) is 4.68. The number of furan rings is 1. The fourth-order valence-corrected chi connectivity index (χ4v) is 1.83. The fourth-order valence-electron chi connectivity index (χ4n) is 1.52. The molecule has 0 spiro atoms. The van der Waals surface area contributed by atoms with Crippen LogP contribution in [0, 0.1) is 0 Å². The molecule has 6 heteroatoms. The molecule has 1 heterocycles. The Bertz CT molecular complexity index is 551. The van der Waals surface area contributed by atoms with E-state index in [4.69, 9.17) is 9.52 Å². The van der Waals surface area contributed by atoms with Crippen LogP contribution in [0.5, 0.6) is 5.75 Å². The van der Waals surface area contributed by atoms with Crippen molar-refractivity contribution in [3.05, 3.63) is 46.6 Å². The predicted molar refractivity (Wildman–Crippen MR) is 75.2 cm³/mol. The number of hydrogen-bond donors (Lipinski definition) is 3. The van der Waals surface area contributed by atoms with Crippen LogP contribution in [-0.4, -0.2) is 17.7 Å². The minimum atomic E-state index is -0.319. The van der Waals surface area contributed by atoms with Gasteiger partial charge < -0.3 is 14.8 Å². The maximum Gasteiger partial charge on any atom is 0.321 e. The first-order valence-electron chi connectivity index (χ1n) is 5.71. The van der Waals surface area contributed by atoms with Gasteiger partial charge in [-0.25, -0.2) is 4.79 Å². The number of amides is 2. The number of hydrogen-bond acceptors (Lipinski definition) is 3. The van der Waals surface area contributed by atoms with Crippen molar-refractivity contribution in [1.82, 2.24) is 5.32 Å². The lowest BCUT2D eigenvalue weighted by Crippen LogP contribution is -2.30. The Morgan fingerprint density at radius 2 is 1.95 bits per heavy atom. The van der Waals surface area contributed by atoms with Crippen molar-refractivity contribution < 1.29 is 14.3 Å². The summed E-state index contributed by atoms with van der Waals surface area (Å²) in [7, 11) is 0. The number of aromatic hydroxyl groups is 1. The maximum absolute atomic E-state index is 11.5. The van der Waals surface area contributed by atoms with Crippen molar-refractivity contribution in [2.75, 3.05) is 11.9 Å². The summed E-state index contributed by atoms with van der Waals surface area (Å²) in [5.41, 5.74) is 1.04. The lowest BCUT2D eigenvalue weighted by molar-refractivity contribution is 0.251. The molecule has 5 nitrogen and oxygen atoms in total. The van der Waals surface area contributed by atoms with Crippen molar-refractivity contribution >= 4 is 27.8 Å². The highest BCUT2D eigenvalue weighted by Crippen LogP contribution is 2.17. The first-order chi connectivity index (χ1) is 9.13. The summed E-state index contributed by atoms with van der Waals surface area (Å²) in [4.78, 5) is 11.5. The van der Waals surface area contributed by atoms with Crippen LogP contribution in [0.2, 0.25) is 0 Å². The molecule has 19 heavy (non-hydrogen) atoms. The Morgan fingerprint density at radius 1 is 1.21 bits per heavy atom. The van der Waals surface area contributed by atoms with Crippen LogP contribution < -0.4 is 10.6 Å². The Labute approximate surface area is 118 Å². The smallest absolute Gasteiger partial charge is 0.321 e. The summed E-state index contributed by atoms with van der Waals surface area (Å²) in [6, 6.07) is 9.92. The van der Waals surface area contributed by atoms with Gasteiger partial charge in [0, 0.05) is 12.6 Å². The molecule has 0 radical (unpaired) electrons. The van der Waals surface area contributed by atoms with E-state index in [1.165, 1.54) is 0 Å². The largest absolute Gasteiger partial charge is 0.508 e. The zero-order valence-electron chi connectivity index (χ0n) is 10.0. The molecule has 2 aromatic rings. The van der Waals surface area contributed by atoms with E-state index in [1.807, 2.05) is 12.1 Å². The van der Waals surface area contributed by atoms with Gasteiger partial charge in [-0.15, -0.1) is 0 Å². The van der Waals surface area contributed by atoms with Gasteiger partial charge in [-0.05, 0) is 46.1 Å². The average Bonchev–Trinajstić information content (AvgIpc) is 2.77. The molecule has 0 aliphatic rings. The van der Waals surface area contributed by atoms with Crippen LogP contribution in [0.25, 0.3) is 0 Å². The molecule has 0 fully saturated rings. The summed E-state index contributed by atoms with van der Waals surface area (Å²) in [6.45, 7) is 0.498. The van der Waals surface area contributed by atoms with Crippen LogP contribution in [0.4, 0.5) is 10.7 Å². The van der Waals surface area contributed by atoms with Crippen molar-refractivity contribution in [2.45, 2.75) is 6.42 Å². The van der Waals surface area contributed by atoms with E-state index in [-0.39, 0.29) is 11.8 Å². The summed E-state index contributed by atoms with van der Waals surface area (Å²) >= 11 is 3.15. The summed E-state index contributed by atoms with van der Waals surface area (Å²) in [5.74, 6) is 0.617. The van der Waals surface area contributed by atoms with Gasteiger partial charge >= 0.3 is 6.03 Å². The first kappa shape index (κ1) is 13.5. The Kier molecular flexibility index (Phi) is 4.46. The van der Waals surface area contributed by atoms with Gasteiger partial charge in [-0.2, -0.15) is 0 Å². The predicted octanol–water partition coefficient (Wildman–Crippen LogP) is 3.11. The molecule has 0 bridgehead atoms. The number of rotatable bonds is 4. The lowest BCUT2D eigenvalue weighted by Gasteiger charge is -2.05. The van der Waals surface area contributed by atoms with Crippen molar-refractivity contribution in [1.29, 1.82) is 0 Å². The lowest BCUT2D eigenvalue weighted by atomic mass is 10.1. The summed E-state index contributed by atoms with van der Waals surface area (Å²) in [5, 5.41) is 14.4. The van der Waals surface area contributed by atoms with Gasteiger partial charge in [-0.1, -0.05) is 12.1 Å². The minimum Gasteiger partial charge on any atom is -0.508 e. The van der Waals surface area contributed by atoms with Gasteiger partial charge in [0.05, 0.1) is 0 Å². The number of urea groups is 1. The number of phenols is 1. The molecule has 0 atom stereocenters. The number of carbonyl (C=O) groups excluding carboxylic acids is 1. The number of carbonyl (C=O) groups is 1. The van der Waals surface area contributed by atoms with Gasteiger partial charge in [0.2, 0.25) is 5.88 Å². The molecule has 2 amide bonds. The third-order valence-corrected chi connectivity index (χ3v) is 2.87. The van der Waals surface area contributed by atoms with Gasteiger partial charge in [0.1, 0.15) is 5.75 Å². The molecular weight excluding hydrogens is 312 g/mol. The Morgan fingerprint density at radius 3 is 2.58 bits per heavy atom. The van der Waals surface area contributed by atoms with Crippen LogP contribution in [-0.2, 0) is 6.42 Å². The topological polar surface area (TPSA) is 74.5 Å². The molecule has 2 rings (SSSR count). The molecule has 1 aromatic carbocycles. The minimum absolute atomic E-state index is 0.234. The fraction of sp³-hybridized carbons (Fsp3) is 0.154. The van der Waals surface area contributed by atoms with Gasteiger partial charge in [-0.3, -0.25) is 5.32 Å². The molecule has 0 aliphatic heterocycles. The van der Waals surface area contributed by atoms with Gasteiger partial charge in [0.25, 0.3) is 0 Å². The number of nitrogens with one attached hydrogen (secondary N) is 2. The number of phenolic OH excluding ortho intramolecular Hbond substituents is 1. The van der Waals surface area contributed by atoms with Crippen molar-refractivity contribution in [3.63, 3.8) is 0 Å². The number of anilines is 1. The van der Waals surface area contributed by atoms with E-state index in [0.29, 0.717) is 23.5 Å². The van der Waals surface area contributed by atoms with Crippen molar-refractivity contribution in [2.24, 2.45) is 0 Å². The number of benzene rings is 1. The quantitative estimate of drug-likeness (QED) is 0.808. The first-order valence-corrected chi connectivity index (χ1v) is 6.51. The molecule has 0 unspecified atom stereocenters. The molecule has 3 N–H and O–H groups in total. The van der Waals surface area contributed by atoms with Crippen molar-refractivity contribution in [3.8, 4) is 5.75 Å². The number of halogens is 1. The zero-order valence-corrected chi connectivity index (χ0v) is 11.6. The highest BCUT2D eigenvalue weighted by Gasteiger charge is 2.04. The molecular formula is C13H13BrN2O3. The summed E-state index contributed by atoms with van der Waals surface area (Å²) in [6.07, 6.45) is 0.690. The highest BCUT2D eigenvalue weighted by molar-refractivity contribution is 9.10. The summed E-state index contributed by atoms with van der Waals surface area (Å²) < 4.78 is 5.71. The van der Waals surface area contributed by atoms with Crippen LogP contribution >= 0.6 is 15.9 Å². The molecule has 1 aromatic heterocycles. The monoisotopic (exact) mass is 324 g/mol. The standard InChI is InChI=1S/C13H13BrN2O3/c14-11-5-6-12(19-11)16-13(18)15-8-7-9-1-3-10(17)4-2-9/h1-6,17H,7-8H2,(H2,15,16,18). The van der Waals surface area contributed by atoms with E-state index >= 15 is 0 Å². The van der Waals surface area contributed by atoms with E-state index in [9.17, 15) is 4.79 Å². The van der Waals surface area contributed by atoms with E-state index in [0.717, 1.165) is 5.56 Å². The second kappa shape index (κ2) is 6.29.